The van der Waals surface area contributed by atoms with Crippen LogP contribution in [0.15, 0.2) is 29.6 Å². The number of rotatable bonds is 5. The van der Waals surface area contributed by atoms with Gasteiger partial charge in [0.1, 0.15) is 0 Å². The van der Waals surface area contributed by atoms with Crippen LogP contribution in [-0.2, 0) is 17.6 Å². The summed E-state index contributed by atoms with van der Waals surface area (Å²) in [6.45, 7) is 0. The molecule has 98 valence electrons. The van der Waals surface area contributed by atoms with Crippen LogP contribution in [0.2, 0.25) is 0 Å². The Morgan fingerprint density at radius 2 is 2.26 bits per heavy atom. The van der Waals surface area contributed by atoms with Gasteiger partial charge in [0.05, 0.1) is 22.0 Å². The lowest BCUT2D eigenvalue weighted by Gasteiger charge is -1.98. The molecule has 1 N–H and O–H groups in total. The fraction of sp³-hybridized carbons (Fsp3) is 0.167. The third-order valence-corrected chi connectivity index (χ3v) is 3.31. The van der Waals surface area contributed by atoms with Crippen LogP contribution in [0.5, 0.6) is 0 Å². The highest BCUT2D eigenvalue weighted by Crippen LogP contribution is 2.19. The van der Waals surface area contributed by atoms with Gasteiger partial charge < -0.3 is 5.11 Å². The van der Waals surface area contributed by atoms with Crippen LogP contribution in [0.4, 0.5) is 5.69 Å². The predicted molar refractivity (Wildman–Crippen MR) is 69.4 cm³/mol. The summed E-state index contributed by atoms with van der Waals surface area (Å²) in [6.07, 6.45) is 0.359. The smallest absolute Gasteiger partial charge is 0.309 e. The molecule has 2 rings (SSSR count). The maximum Gasteiger partial charge on any atom is 0.309 e. The summed E-state index contributed by atoms with van der Waals surface area (Å²) in [5.41, 5.74) is 1.34. The van der Waals surface area contributed by atoms with Gasteiger partial charge in [-0.25, -0.2) is 4.98 Å². The second kappa shape index (κ2) is 5.57. The van der Waals surface area contributed by atoms with Gasteiger partial charge >= 0.3 is 5.97 Å². The van der Waals surface area contributed by atoms with Gasteiger partial charge in [-0.15, -0.1) is 11.3 Å². The molecule has 0 fully saturated rings. The first kappa shape index (κ1) is 13.2. The lowest BCUT2D eigenvalue weighted by atomic mass is 10.1. The van der Waals surface area contributed by atoms with Gasteiger partial charge in [-0.05, 0) is 5.56 Å². The standard InChI is InChI=1S/C12H10N2O4S/c15-12(16)6-9-7-19-11(13-9)5-8-2-1-3-10(4-8)14(17)18/h1-4,7H,5-6H2,(H,15,16). The molecule has 1 aromatic heterocycles. The van der Waals surface area contributed by atoms with E-state index in [0.717, 1.165) is 10.6 Å². The van der Waals surface area contributed by atoms with E-state index >= 15 is 0 Å². The van der Waals surface area contributed by atoms with Crippen LogP contribution in [0.3, 0.4) is 0 Å². The molecule has 2 aromatic rings. The summed E-state index contributed by atoms with van der Waals surface area (Å²) in [4.78, 5) is 24.9. The van der Waals surface area contributed by atoms with E-state index in [2.05, 4.69) is 4.98 Å². The molecule has 0 radical (unpaired) electrons. The van der Waals surface area contributed by atoms with Gasteiger partial charge in [0.25, 0.3) is 5.69 Å². The number of aromatic nitrogens is 1. The van der Waals surface area contributed by atoms with Gasteiger partial charge in [-0.3, -0.25) is 14.9 Å². The highest BCUT2D eigenvalue weighted by molar-refractivity contribution is 7.09. The lowest BCUT2D eigenvalue weighted by molar-refractivity contribution is -0.384. The monoisotopic (exact) mass is 278 g/mol. The lowest BCUT2D eigenvalue weighted by Crippen LogP contribution is -2.00. The van der Waals surface area contributed by atoms with Crippen molar-refractivity contribution >= 4 is 23.0 Å². The van der Waals surface area contributed by atoms with Crippen molar-refractivity contribution in [2.24, 2.45) is 0 Å². The molecule has 0 aliphatic rings. The van der Waals surface area contributed by atoms with E-state index in [9.17, 15) is 14.9 Å². The number of thiazole rings is 1. The average Bonchev–Trinajstić information content (AvgIpc) is 2.76. The van der Waals surface area contributed by atoms with Crippen LogP contribution in [-0.4, -0.2) is 21.0 Å². The summed E-state index contributed by atoms with van der Waals surface area (Å²) in [5.74, 6) is -0.924. The van der Waals surface area contributed by atoms with E-state index in [-0.39, 0.29) is 12.1 Å². The van der Waals surface area contributed by atoms with Crippen LogP contribution in [0.25, 0.3) is 0 Å². The Morgan fingerprint density at radius 3 is 2.95 bits per heavy atom. The highest BCUT2D eigenvalue weighted by atomic mass is 32.1. The number of carboxylic acids is 1. The molecule has 0 atom stereocenters. The number of hydrogen-bond acceptors (Lipinski definition) is 5. The Kier molecular flexibility index (Phi) is 3.86. The summed E-state index contributed by atoms with van der Waals surface area (Å²) < 4.78 is 0. The quantitative estimate of drug-likeness (QED) is 0.668. The Balaban J connectivity index is 2.12. The molecule has 0 bridgehead atoms. The normalized spacial score (nSPS) is 10.3. The molecular weight excluding hydrogens is 268 g/mol. The molecule has 19 heavy (non-hydrogen) atoms. The molecule has 0 aliphatic carbocycles. The van der Waals surface area contributed by atoms with E-state index in [1.807, 2.05) is 0 Å². The zero-order valence-corrected chi connectivity index (χ0v) is 10.6. The molecule has 0 spiro atoms. The fourth-order valence-electron chi connectivity index (χ4n) is 1.62. The summed E-state index contributed by atoms with van der Waals surface area (Å²) in [6, 6.07) is 6.34. The number of carboxylic acid groups (broad SMARTS) is 1. The second-order valence-electron chi connectivity index (χ2n) is 3.91. The minimum Gasteiger partial charge on any atom is -0.481 e. The van der Waals surface area contributed by atoms with E-state index in [4.69, 9.17) is 5.11 Å². The predicted octanol–water partition coefficient (Wildman–Crippen LogP) is 2.27. The second-order valence-corrected chi connectivity index (χ2v) is 4.85. The van der Waals surface area contributed by atoms with Crippen LogP contribution in [0.1, 0.15) is 16.3 Å². The van der Waals surface area contributed by atoms with Gasteiger partial charge in [-0.2, -0.15) is 0 Å². The van der Waals surface area contributed by atoms with Gasteiger partial charge in [0.2, 0.25) is 0 Å². The first-order valence-corrected chi connectivity index (χ1v) is 6.31. The topological polar surface area (TPSA) is 93.3 Å². The Morgan fingerprint density at radius 1 is 1.47 bits per heavy atom. The van der Waals surface area contributed by atoms with Crippen molar-refractivity contribution in [2.75, 3.05) is 0 Å². The van der Waals surface area contributed by atoms with Crippen LogP contribution >= 0.6 is 11.3 Å². The maximum atomic E-state index is 10.7. The highest BCUT2D eigenvalue weighted by Gasteiger charge is 2.09. The van der Waals surface area contributed by atoms with Gasteiger partial charge in [0.15, 0.2) is 0 Å². The van der Waals surface area contributed by atoms with Crippen molar-refractivity contribution in [3.05, 3.63) is 56.0 Å². The summed E-state index contributed by atoms with van der Waals surface area (Å²) in [7, 11) is 0. The molecule has 6 nitrogen and oxygen atoms in total. The van der Waals surface area contributed by atoms with Crippen molar-refractivity contribution in [3.8, 4) is 0 Å². The fourth-order valence-corrected chi connectivity index (χ4v) is 2.45. The molecule has 7 heteroatoms. The number of aliphatic carboxylic acids is 1. The van der Waals surface area contributed by atoms with E-state index in [1.54, 1.807) is 17.5 Å². The third kappa shape index (κ3) is 3.59. The third-order valence-electron chi connectivity index (χ3n) is 2.41. The molecule has 1 heterocycles. The molecule has 0 saturated heterocycles. The minimum atomic E-state index is -0.924. The molecule has 0 aliphatic heterocycles. The first-order chi connectivity index (χ1) is 9.04. The number of hydrogen-bond donors (Lipinski definition) is 1. The molecule has 0 amide bonds. The van der Waals surface area contributed by atoms with Crippen molar-refractivity contribution in [1.29, 1.82) is 0 Å². The summed E-state index contributed by atoms with van der Waals surface area (Å²) >= 11 is 1.36. The van der Waals surface area contributed by atoms with Crippen molar-refractivity contribution in [2.45, 2.75) is 12.8 Å². The number of non-ortho nitro benzene ring substituents is 1. The Bertz CT molecular complexity index is 624. The van der Waals surface area contributed by atoms with E-state index < -0.39 is 10.9 Å². The SMILES string of the molecule is O=C(O)Cc1csc(Cc2cccc([N+](=O)[O-])c2)n1. The molecular formula is C12H10N2O4S. The Labute approximate surface area is 112 Å². The van der Waals surface area contributed by atoms with Crippen LogP contribution < -0.4 is 0 Å². The zero-order valence-electron chi connectivity index (χ0n) is 9.78. The largest absolute Gasteiger partial charge is 0.481 e. The minimum absolute atomic E-state index is 0.0415. The average molecular weight is 278 g/mol. The van der Waals surface area contributed by atoms with Crippen molar-refractivity contribution in [3.63, 3.8) is 0 Å². The number of nitro benzene ring substituents is 1. The number of carbonyl (C=O) groups is 1. The summed E-state index contributed by atoms with van der Waals surface area (Å²) in [5, 5.41) is 21.8. The van der Waals surface area contributed by atoms with E-state index in [1.165, 1.54) is 23.5 Å². The number of nitro groups is 1. The van der Waals surface area contributed by atoms with Crippen LogP contribution in [0, 0.1) is 10.1 Å². The molecule has 0 saturated carbocycles. The van der Waals surface area contributed by atoms with Crippen molar-refractivity contribution < 1.29 is 14.8 Å². The van der Waals surface area contributed by atoms with Crippen molar-refractivity contribution in [1.82, 2.24) is 4.98 Å². The Hall–Kier alpha value is -2.28. The molecule has 0 unspecified atom stereocenters. The first-order valence-electron chi connectivity index (χ1n) is 5.43. The molecule has 1 aromatic carbocycles. The van der Waals surface area contributed by atoms with Gasteiger partial charge in [0, 0.05) is 23.9 Å². The van der Waals surface area contributed by atoms with Gasteiger partial charge in [-0.1, -0.05) is 12.1 Å². The van der Waals surface area contributed by atoms with E-state index in [0.29, 0.717) is 12.1 Å². The number of benzene rings is 1. The zero-order chi connectivity index (χ0) is 13.8. The number of nitrogens with zero attached hydrogens (tertiary/aromatic N) is 2. The maximum absolute atomic E-state index is 10.7.